The van der Waals surface area contributed by atoms with Gasteiger partial charge in [-0.2, -0.15) is 5.10 Å². The number of fused-ring (bicyclic) bond motifs is 1. The summed E-state index contributed by atoms with van der Waals surface area (Å²) in [6, 6.07) is 23.0. The van der Waals surface area contributed by atoms with E-state index in [1.54, 1.807) is 0 Å². The number of pyridine rings is 1. The van der Waals surface area contributed by atoms with E-state index in [2.05, 4.69) is 15.9 Å². The summed E-state index contributed by atoms with van der Waals surface area (Å²) in [7, 11) is 0. The van der Waals surface area contributed by atoms with Crippen molar-refractivity contribution in [2.75, 3.05) is 0 Å². The summed E-state index contributed by atoms with van der Waals surface area (Å²) in [4.78, 5) is 29.2. The second kappa shape index (κ2) is 10.4. The number of hydrogen-bond donors (Lipinski definition) is 1. The number of para-hydroxylation sites is 1. The maximum Gasteiger partial charge on any atom is 0.303 e. The molecule has 5 rings (SSSR count). The molecular formula is C29H23BrClN3O3. The predicted molar refractivity (Wildman–Crippen MR) is 149 cm³/mol. The lowest BCUT2D eigenvalue weighted by atomic mass is 9.89. The molecule has 0 saturated heterocycles. The number of aliphatic carboxylic acids is 1. The van der Waals surface area contributed by atoms with Gasteiger partial charge in [0.1, 0.15) is 0 Å². The van der Waals surface area contributed by atoms with Gasteiger partial charge in [0, 0.05) is 44.5 Å². The van der Waals surface area contributed by atoms with E-state index >= 15 is 0 Å². The lowest BCUT2D eigenvalue weighted by Crippen LogP contribution is -2.27. The van der Waals surface area contributed by atoms with Crippen LogP contribution in [0.25, 0.3) is 22.0 Å². The molecule has 8 heteroatoms. The lowest BCUT2D eigenvalue weighted by Gasteiger charge is -2.22. The first-order valence-electron chi connectivity index (χ1n) is 11.8. The smallest absolute Gasteiger partial charge is 0.303 e. The highest BCUT2D eigenvalue weighted by Crippen LogP contribution is 2.40. The van der Waals surface area contributed by atoms with E-state index in [0.717, 1.165) is 49.0 Å². The molecule has 0 fully saturated rings. The molecule has 1 atom stereocenters. The van der Waals surface area contributed by atoms with E-state index in [-0.39, 0.29) is 24.8 Å². The molecule has 3 aromatic carbocycles. The summed E-state index contributed by atoms with van der Waals surface area (Å²) in [5, 5.41) is 17.0. The van der Waals surface area contributed by atoms with Crippen molar-refractivity contribution in [2.45, 2.75) is 32.2 Å². The molecule has 2 heterocycles. The normalized spacial score (nSPS) is 15.2. The van der Waals surface area contributed by atoms with Crippen LogP contribution in [0, 0.1) is 6.92 Å². The fraction of sp³-hybridized carbons (Fsp3) is 0.172. The van der Waals surface area contributed by atoms with Crippen molar-refractivity contribution in [3.05, 3.63) is 99.1 Å². The van der Waals surface area contributed by atoms with Gasteiger partial charge in [0.25, 0.3) is 0 Å². The largest absolute Gasteiger partial charge is 0.481 e. The molecule has 1 amide bonds. The van der Waals surface area contributed by atoms with Gasteiger partial charge in [0.15, 0.2) is 0 Å². The Morgan fingerprint density at radius 2 is 1.70 bits per heavy atom. The lowest BCUT2D eigenvalue weighted by molar-refractivity contribution is -0.141. The average Bonchev–Trinajstić information content (AvgIpc) is 3.32. The van der Waals surface area contributed by atoms with E-state index in [1.165, 1.54) is 5.01 Å². The molecule has 1 aliphatic rings. The van der Waals surface area contributed by atoms with Gasteiger partial charge < -0.3 is 5.11 Å². The maximum absolute atomic E-state index is 13.2. The first-order valence-corrected chi connectivity index (χ1v) is 13.0. The Bertz CT molecular complexity index is 1540. The number of carboxylic acids is 1. The second-order valence-electron chi connectivity index (χ2n) is 8.92. The minimum atomic E-state index is -1.02. The van der Waals surface area contributed by atoms with Gasteiger partial charge in [-0.1, -0.05) is 70.0 Å². The monoisotopic (exact) mass is 575 g/mol. The number of halogens is 2. The molecule has 0 unspecified atom stereocenters. The summed E-state index contributed by atoms with van der Waals surface area (Å²) >= 11 is 9.66. The minimum Gasteiger partial charge on any atom is -0.481 e. The van der Waals surface area contributed by atoms with Crippen LogP contribution in [-0.2, 0) is 9.59 Å². The highest BCUT2D eigenvalue weighted by molar-refractivity contribution is 9.10. The number of nitrogens with zero attached hydrogens (tertiary/aromatic N) is 3. The third-order valence-electron chi connectivity index (χ3n) is 6.47. The molecule has 0 saturated carbocycles. The second-order valence-corrected chi connectivity index (χ2v) is 10.3. The van der Waals surface area contributed by atoms with Crippen LogP contribution in [0.2, 0.25) is 5.02 Å². The highest BCUT2D eigenvalue weighted by atomic mass is 79.9. The standard InChI is InChI=1S/C29H23BrClN3O3/c1-17-28(29(19-8-12-21(31)13-9-19)22-4-2-3-5-23(22)32-17)24-16-25(18-6-10-20(30)11-7-18)34(33-24)26(35)14-15-27(36)37/h2-13,25H,14-16H2,1H3,(H,36,37)/t25-/m0/s1. The molecule has 1 N–H and O–H groups in total. The molecule has 0 aliphatic carbocycles. The molecule has 0 radical (unpaired) electrons. The number of hydrogen-bond acceptors (Lipinski definition) is 4. The first-order chi connectivity index (χ1) is 17.8. The number of carbonyl (C=O) groups is 2. The maximum atomic E-state index is 13.2. The zero-order chi connectivity index (χ0) is 26.1. The average molecular weight is 577 g/mol. The Labute approximate surface area is 227 Å². The van der Waals surface area contributed by atoms with Gasteiger partial charge in [0.2, 0.25) is 5.91 Å². The van der Waals surface area contributed by atoms with Crippen LogP contribution in [0.15, 0.2) is 82.4 Å². The van der Waals surface area contributed by atoms with Gasteiger partial charge in [-0.05, 0) is 48.4 Å². The summed E-state index contributed by atoms with van der Waals surface area (Å²) in [6.45, 7) is 1.95. The Kier molecular flexibility index (Phi) is 7.09. The highest BCUT2D eigenvalue weighted by Gasteiger charge is 2.35. The zero-order valence-corrected chi connectivity index (χ0v) is 22.3. The van der Waals surface area contributed by atoms with Crippen LogP contribution in [0.5, 0.6) is 0 Å². The molecule has 1 aliphatic heterocycles. The summed E-state index contributed by atoms with van der Waals surface area (Å²) in [5.41, 5.74) is 6.15. The Morgan fingerprint density at radius 3 is 2.41 bits per heavy atom. The van der Waals surface area contributed by atoms with Crippen molar-refractivity contribution in [1.82, 2.24) is 9.99 Å². The van der Waals surface area contributed by atoms with E-state index in [9.17, 15) is 9.59 Å². The van der Waals surface area contributed by atoms with Crippen molar-refractivity contribution < 1.29 is 14.7 Å². The summed E-state index contributed by atoms with van der Waals surface area (Å²) in [5.74, 6) is -1.35. The van der Waals surface area contributed by atoms with E-state index in [0.29, 0.717) is 11.4 Å². The number of carboxylic acid groups (broad SMARTS) is 1. The van der Waals surface area contributed by atoms with Crippen LogP contribution in [0.4, 0.5) is 0 Å². The summed E-state index contributed by atoms with van der Waals surface area (Å²) < 4.78 is 0.929. The number of aromatic nitrogens is 1. The van der Waals surface area contributed by atoms with Crippen molar-refractivity contribution in [3.63, 3.8) is 0 Å². The Balaban J connectivity index is 1.67. The number of carbonyl (C=O) groups excluding carboxylic acids is 1. The van der Waals surface area contributed by atoms with E-state index in [4.69, 9.17) is 26.8 Å². The van der Waals surface area contributed by atoms with E-state index in [1.807, 2.05) is 79.7 Å². The van der Waals surface area contributed by atoms with Gasteiger partial charge in [-0.3, -0.25) is 14.6 Å². The van der Waals surface area contributed by atoms with E-state index < -0.39 is 5.97 Å². The minimum absolute atomic E-state index is 0.127. The molecule has 0 spiro atoms. The molecule has 6 nitrogen and oxygen atoms in total. The Morgan fingerprint density at radius 1 is 1.00 bits per heavy atom. The number of benzene rings is 3. The third kappa shape index (κ3) is 5.15. The molecular weight excluding hydrogens is 554 g/mol. The van der Waals surface area contributed by atoms with Gasteiger partial charge in [-0.25, -0.2) is 5.01 Å². The number of hydrazone groups is 1. The third-order valence-corrected chi connectivity index (χ3v) is 7.25. The van der Waals surface area contributed by atoms with Crippen molar-refractivity contribution in [3.8, 4) is 11.1 Å². The molecule has 1 aromatic heterocycles. The quantitative estimate of drug-likeness (QED) is 0.264. The zero-order valence-electron chi connectivity index (χ0n) is 20.0. The van der Waals surface area contributed by atoms with Crippen LogP contribution in [0.1, 0.15) is 42.1 Å². The predicted octanol–water partition coefficient (Wildman–Crippen LogP) is 7.17. The number of amides is 1. The van der Waals surface area contributed by atoms with Crippen LogP contribution < -0.4 is 0 Å². The summed E-state index contributed by atoms with van der Waals surface area (Å²) in [6.07, 6.45) is 0.0971. The first kappa shape index (κ1) is 25.1. The fourth-order valence-electron chi connectivity index (χ4n) is 4.77. The number of aryl methyl sites for hydroxylation is 1. The van der Waals surface area contributed by atoms with Crippen molar-refractivity contribution >= 4 is 56.0 Å². The van der Waals surface area contributed by atoms with Crippen LogP contribution in [-0.4, -0.2) is 32.7 Å². The molecule has 4 aromatic rings. The molecule has 37 heavy (non-hydrogen) atoms. The Hall–Kier alpha value is -3.55. The van der Waals surface area contributed by atoms with Gasteiger partial charge in [0.05, 0.1) is 23.7 Å². The molecule has 186 valence electrons. The van der Waals surface area contributed by atoms with Crippen molar-refractivity contribution in [2.24, 2.45) is 5.10 Å². The van der Waals surface area contributed by atoms with Crippen LogP contribution >= 0.6 is 27.5 Å². The SMILES string of the molecule is Cc1nc2ccccc2c(-c2ccc(Cl)cc2)c1C1=NN(C(=O)CCC(=O)O)[C@H](c2ccc(Br)cc2)C1. The van der Waals surface area contributed by atoms with Crippen molar-refractivity contribution in [1.29, 1.82) is 0 Å². The molecule has 0 bridgehead atoms. The van der Waals surface area contributed by atoms with Crippen LogP contribution in [0.3, 0.4) is 0 Å². The van der Waals surface area contributed by atoms with Gasteiger partial charge >= 0.3 is 5.97 Å². The fourth-order valence-corrected chi connectivity index (χ4v) is 5.16. The van der Waals surface area contributed by atoms with Gasteiger partial charge in [-0.15, -0.1) is 0 Å². The number of rotatable bonds is 6. The topological polar surface area (TPSA) is 82.9 Å².